The van der Waals surface area contributed by atoms with Crippen molar-refractivity contribution in [3.05, 3.63) is 81.9 Å². The van der Waals surface area contributed by atoms with Crippen LogP contribution < -0.4 is 10.1 Å². The van der Waals surface area contributed by atoms with Gasteiger partial charge in [0.15, 0.2) is 12.4 Å². The van der Waals surface area contributed by atoms with E-state index < -0.39 is 10.8 Å². The van der Waals surface area contributed by atoms with Crippen molar-refractivity contribution in [3.8, 4) is 16.3 Å². The zero-order valence-corrected chi connectivity index (χ0v) is 16.9. The predicted octanol–water partition coefficient (Wildman–Crippen LogP) is 5.54. The molecule has 0 spiro atoms. The highest BCUT2D eigenvalue weighted by Crippen LogP contribution is 2.36. The van der Waals surface area contributed by atoms with Crippen LogP contribution in [0.2, 0.25) is 5.02 Å². The lowest BCUT2D eigenvalue weighted by Crippen LogP contribution is -2.20. The van der Waals surface area contributed by atoms with Crippen LogP contribution in [0.3, 0.4) is 0 Å². The average molecular weight is 440 g/mol. The number of nitrogens with zero attached hydrogens (tertiary/aromatic N) is 2. The van der Waals surface area contributed by atoms with E-state index in [2.05, 4.69) is 10.3 Å². The molecule has 1 heterocycles. The molecular weight excluding hydrogens is 426 g/mol. The summed E-state index contributed by atoms with van der Waals surface area (Å²) in [4.78, 5) is 27.4. The SMILES string of the molecule is O=C(COc1ccccc1[N+](=O)[O-])Nc1ccc(Cl)c(-c2nc3ccccc3s2)c1. The predicted molar refractivity (Wildman–Crippen MR) is 117 cm³/mol. The van der Waals surface area contributed by atoms with Gasteiger partial charge in [0.1, 0.15) is 5.01 Å². The normalized spacial score (nSPS) is 10.7. The first-order chi connectivity index (χ1) is 14.5. The van der Waals surface area contributed by atoms with E-state index >= 15 is 0 Å². The summed E-state index contributed by atoms with van der Waals surface area (Å²) < 4.78 is 6.36. The van der Waals surface area contributed by atoms with Gasteiger partial charge in [0, 0.05) is 17.3 Å². The molecule has 4 rings (SSSR count). The van der Waals surface area contributed by atoms with E-state index in [0.717, 1.165) is 15.2 Å². The third-order valence-corrected chi connectivity index (χ3v) is 5.59. The summed E-state index contributed by atoms with van der Waals surface area (Å²) in [5, 5.41) is 15.0. The van der Waals surface area contributed by atoms with E-state index in [1.807, 2.05) is 24.3 Å². The van der Waals surface area contributed by atoms with Gasteiger partial charge < -0.3 is 10.1 Å². The number of carbonyl (C=O) groups is 1. The van der Waals surface area contributed by atoms with Crippen molar-refractivity contribution in [2.45, 2.75) is 0 Å². The second kappa shape index (κ2) is 8.48. The van der Waals surface area contributed by atoms with Crippen molar-refractivity contribution in [2.24, 2.45) is 0 Å². The summed E-state index contributed by atoms with van der Waals surface area (Å²) in [6.07, 6.45) is 0. The number of hydrogen-bond donors (Lipinski definition) is 1. The van der Waals surface area contributed by atoms with E-state index in [4.69, 9.17) is 16.3 Å². The lowest BCUT2D eigenvalue weighted by molar-refractivity contribution is -0.385. The van der Waals surface area contributed by atoms with E-state index in [0.29, 0.717) is 16.3 Å². The minimum atomic E-state index is -0.559. The number of benzene rings is 3. The maximum Gasteiger partial charge on any atom is 0.310 e. The molecule has 1 N–H and O–H groups in total. The number of thiazole rings is 1. The van der Waals surface area contributed by atoms with Crippen molar-refractivity contribution in [1.29, 1.82) is 0 Å². The summed E-state index contributed by atoms with van der Waals surface area (Å²) in [5.41, 5.74) is 1.90. The Hall–Kier alpha value is -3.49. The van der Waals surface area contributed by atoms with Crippen LogP contribution in [0.1, 0.15) is 0 Å². The van der Waals surface area contributed by atoms with E-state index in [9.17, 15) is 14.9 Å². The zero-order valence-electron chi connectivity index (χ0n) is 15.4. The lowest BCUT2D eigenvalue weighted by atomic mass is 10.2. The van der Waals surface area contributed by atoms with Gasteiger partial charge >= 0.3 is 5.69 Å². The number of rotatable bonds is 6. The van der Waals surface area contributed by atoms with Crippen LogP contribution in [0.15, 0.2) is 66.7 Å². The molecule has 0 aliphatic carbocycles. The number of amides is 1. The fraction of sp³-hybridized carbons (Fsp3) is 0.0476. The second-order valence-corrected chi connectivity index (χ2v) is 7.68. The lowest BCUT2D eigenvalue weighted by Gasteiger charge is -2.09. The minimum absolute atomic E-state index is 0.0314. The van der Waals surface area contributed by atoms with Crippen molar-refractivity contribution in [2.75, 3.05) is 11.9 Å². The molecule has 0 aliphatic heterocycles. The van der Waals surface area contributed by atoms with Gasteiger partial charge in [-0.3, -0.25) is 14.9 Å². The van der Waals surface area contributed by atoms with Gasteiger partial charge in [0.2, 0.25) is 0 Å². The number of ether oxygens (including phenoxy) is 1. The van der Waals surface area contributed by atoms with E-state index in [1.165, 1.54) is 29.5 Å². The Kier molecular flexibility index (Phi) is 5.60. The number of carbonyl (C=O) groups excluding carboxylic acids is 1. The largest absolute Gasteiger partial charge is 0.477 e. The summed E-state index contributed by atoms with van der Waals surface area (Å²) in [5.74, 6) is -0.422. The molecule has 0 unspecified atom stereocenters. The average Bonchev–Trinajstić information content (AvgIpc) is 3.18. The summed E-state index contributed by atoms with van der Waals surface area (Å²) >= 11 is 7.86. The Morgan fingerprint density at radius 2 is 1.90 bits per heavy atom. The molecule has 0 aliphatic rings. The third-order valence-electron chi connectivity index (χ3n) is 4.20. The van der Waals surface area contributed by atoms with Gasteiger partial charge in [0.25, 0.3) is 5.91 Å². The second-order valence-electron chi connectivity index (χ2n) is 6.24. The van der Waals surface area contributed by atoms with Crippen molar-refractivity contribution >= 4 is 50.4 Å². The number of aromatic nitrogens is 1. The van der Waals surface area contributed by atoms with E-state index in [1.54, 1.807) is 24.3 Å². The first-order valence-electron chi connectivity index (χ1n) is 8.83. The number of nitro benzene ring substituents is 1. The molecule has 0 radical (unpaired) electrons. The molecule has 0 saturated heterocycles. The summed E-state index contributed by atoms with van der Waals surface area (Å²) in [7, 11) is 0. The molecule has 30 heavy (non-hydrogen) atoms. The molecule has 7 nitrogen and oxygen atoms in total. The van der Waals surface area contributed by atoms with Crippen LogP contribution in [0.4, 0.5) is 11.4 Å². The molecular formula is C21H14ClN3O4S. The maximum atomic E-state index is 12.3. The standard InChI is InChI=1S/C21H14ClN3O4S/c22-15-10-9-13(11-14(15)21-24-16-5-1-4-8-19(16)30-21)23-20(26)12-29-18-7-3-2-6-17(18)25(27)28/h1-11H,12H2,(H,23,26). The molecule has 0 bridgehead atoms. The monoisotopic (exact) mass is 439 g/mol. The third kappa shape index (κ3) is 4.24. The van der Waals surface area contributed by atoms with Gasteiger partial charge in [0.05, 0.1) is 20.2 Å². The molecule has 0 fully saturated rings. The van der Waals surface area contributed by atoms with Gasteiger partial charge in [-0.2, -0.15) is 0 Å². The van der Waals surface area contributed by atoms with Crippen LogP contribution in [0.25, 0.3) is 20.8 Å². The highest BCUT2D eigenvalue weighted by atomic mass is 35.5. The first kappa shape index (κ1) is 19.8. The number of para-hydroxylation sites is 3. The maximum absolute atomic E-state index is 12.3. The van der Waals surface area contributed by atoms with Crippen LogP contribution in [0, 0.1) is 10.1 Å². The van der Waals surface area contributed by atoms with Crippen molar-refractivity contribution in [1.82, 2.24) is 4.98 Å². The van der Waals surface area contributed by atoms with Gasteiger partial charge in [-0.1, -0.05) is 35.9 Å². The van der Waals surface area contributed by atoms with Gasteiger partial charge in [-0.15, -0.1) is 11.3 Å². The molecule has 4 aromatic rings. The topological polar surface area (TPSA) is 94.4 Å². The van der Waals surface area contributed by atoms with Crippen LogP contribution in [0.5, 0.6) is 5.75 Å². The Bertz CT molecular complexity index is 1220. The Balaban J connectivity index is 1.49. The molecule has 1 amide bonds. The van der Waals surface area contributed by atoms with Crippen LogP contribution in [-0.2, 0) is 4.79 Å². The number of halogens is 1. The number of anilines is 1. The minimum Gasteiger partial charge on any atom is -0.477 e. The summed E-state index contributed by atoms with van der Waals surface area (Å²) in [6, 6.07) is 18.8. The van der Waals surface area contributed by atoms with Crippen LogP contribution >= 0.6 is 22.9 Å². The van der Waals surface area contributed by atoms with Crippen LogP contribution in [-0.4, -0.2) is 22.4 Å². The molecule has 0 atom stereocenters. The van der Waals surface area contributed by atoms with Gasteiger partial charge in [-0.05, 0) is 36.4 Å². The fourth-order valence-electron chi connectivity index (χ4n) is 2.82. The number of nitrogens with one attached hydrogen (secondary N) is 1. The molecule has 1 aromatic heterocycles. The van der Waals surface area contributed by atoms with Gasteiger partial charge in [-0.25, -0.2) is 4.98 Å². The molecule has 3 aromatic carbocycles. The highest BCUT2D eigenvalue weighted by Gasteiger charge is 2.16. The number of nitro groups is 1. The Morgan fingerprint density at radius 1 is 1.13 bits per heavy atom. The highest BCUT2D eigenvalue weighted by molar-refractivity contribution is 7.21. The molecule has 0 saturated carbocycles. The first-order valence-corrected chi connectivity index (χ1v) is 10.0. The molecule has 150 valence electrons. The fourth-order valence-corrected chi connectivity index (χ4v) is 4.08. The Morgan fingerprint density at radius 3 is 2.70 bits per heavy atom. The molecule has 9 heteroatoms. The smallest absolute Gasteiger partial charge is 0.310 e. The van der Waals surface area contributed by atoms with E-state index in [-0.39, 0.29) is 18.0 Å². The number of fused-ring (bicyclic) bond motifs is 1. The zero-order chi connectivity index (χ0) is 21.1. The summed E-state index contributed by atoms with van der Waals surface area (Å²) in [6.45, 7) is -0.371. The number of hydrogen-bond acceptors (Lipinski definition) is 6. The van der Waals surface area contributed by atoms with Crippen molar-refractivity contribution in [3.63, 3.8) is 0 Å². The Labute approximate surface area is 180 Å². The van der Waals surface area contributed by atoms with Crippen molar-refractivity contribution < 1.29 is 14.5 Å². The quantitative estimate of drug-likeness (QED) is 0.314.